The van der Waals surface area contributed by atoms with E-state index in [1.807, 2.05) is 0 Å². The van der Waals surface area contributed by atoms with Crippen molar-refractivity contribution in [3.05, 3.63) is 24.0 Å². The Hall–Kier alpha value is -0.830. The van der Waals surface area contributed by atoms with Gasteiger partial charge in [0.1, 0.15) is 0 Å². The molecule has 0 saturated carbocycles. The fraction of sp³-hybridized carbons (Fsp3) is 0.647. The summed E-state index contributed by atoms with van der Waals surface area (Å²) in [6.07, 6.45) is 3.17. The highest BCUT2D eigenvalue weighted by molar-refractivity contribution is 7.99. The zero-order valence-corrected chi connectivity index (χ0v) is 16.1. The summed E-state index contributed by atoms with van der Waals surface area (Å²) in [5.41, 5.74) is 0. The van der Waals surface area contributed by atoms with Crippen molar-refractivity contribution in [1.82, 2.24) is 9.21 Å². The lowest BCUT2D eigenvalue weighted by molar-refractivity contribution is 0.243. The maximum Gasteiger partial charge on any atom is 0.243 e. The minimum absolute atomic E-state index is 0.00382. The summed E-state index contributed by atoms with van der Waals surface area (Å²) >= 11 is 1.80. The lowest BCUT2D eigenvalue weighted by Gasteiger charge is -2.31. The van der Waals surface area contributed by atoms with Crippen LogP contribution in [0.4, 0.5) is 4.39 Å². The molecule has 2 saturated heterocycles. The number of hydrogen-bond acceptors (Lipinski definition) is 5. The van der Waals surface area contributed by atoms with E-state index < -0.39 is 15.8 Å². The average Bonchev–Trinajstić information content (AvgIpc) is 2.98. The average molecular weight is 389 g/mol. The molecule has 1 aromatic carbocycles. The largest absolute Gasteiger partial charge is 0.494 e. The summed E-state index contributed by atoms with van der Waals surface area (Å²) in [4.78, 5) is 2.34. The zero-order chi connectivity index (χ0) is 17.9. The van der Waals surface area contributed by atoms with E-state index in [-0.39, 0.29) is 16.7 Å². The summed E-state index contributed by atoms with van der Waals surface area (Å²) in [5, 5.41) is 0. The van der Waals surface area contributed by atoms with Crippen molar-refractivity contribution in [3.63, 3.8) is 0 Å². The van der Waals surface area contributed by atoms with Crippen LogP contribution in [0.5, 0.6) is 5.75 Å². The SMILES string of the molecule is COc1ccc(S(=O)(=O)N2CCCSC[C@H]2CN2CCCC2)cc1F. The minimum Gasteiger partial charge on any atom is -0.494 e. The molecule has 8 heteroatoms. The van der Waals surface area contributed by atoms with E-state index in [0.29, 0.717) is 6.54 Å². The molecule has 0 aromatic heterocycles. The highest BCUT2D eigenvalue weighted by atomic mass is 32.2. The molecule has 2 heterocycles. The molecule has 0 radical (unpaired) electrons. The number of halogens is 1. The molecular weight excluding hydrogens is 363 g/mol. The van der Waals surface area contributed by atoms with E-state index >= 15 is 0 Å². The van der Waals surface area contributed by atoms with Gasteiger partial charge in [0.15, 0.2) is 11.6 Å². The summed E-state index contributed by atoms with van der Waals surface area (Å²) in [5.74, 6) is 1.15. The van der Waals surface area contributed by atoms with Crippen LogP contribution in [0.25, 0.3) is 0 Å². The van der Waals surface area contributed by atoms with Crippen LogP contribution in [0.3, 0.4) is 0 Å². The predicted molar refractivity (Wildman–Crippen MR) is 98.2 cm³/mol. The van der Waals surface area contributed by atoms with Crippen LogP contribution >= 0.6 is 11.8 Å². The molecule has 0 unspecified atom stereocenters. The molecule has 5 nitrogen and oxygen atoms in total. The van der Waals surface area contributed by atoms with Gasteiger partial charge in [-0.1, -0.05) is 0 Å². The van der Waals surface area contributed by atoms with Crippen molar-refractivity contribution < 1.29 is 17.5 Å². The molecule has 0 bridgehead atoms. The minimum atomic E-state index is -3.73. The lowest BCUT2D eigenvalue weighted by atomic mass is 10.3. The Morgan fingerprint density at radius 3 is 2.68 bits per heavy atom. The first-order valence-corrected chi connectivity index (χ1v) is 11.3. The fourth-order valence-corrected chi connectivity index (χ4v) is 6.29. The Balaban J connectivity index is 1.86. The van der Waals surface area contributed by atoms with E-state index in [2.05, 4.69) is 4.90 Å². The van der Waals surface area contributed by atoms with Gasteiger partial charge in [-0.15, -0.1) is 0 Å². The Labute approximate surface area is 153 Å². The first-order valence-electron chi connectivity index (χ1n) is 8.68. The van der Waals surface area contributed by atoms with Crippen LogP contribution in [0, 0.1) is 5.82 Å². The highest BCUT2D eigenvalue weighted by Crippen LogP contribution is 2.28. The molecule has 0 spiro atoms. The van der Waals surface area contributed by atoms with E-state index in [9.17, 15) is 12.8 Å². The van der Waals surface area contributed by atoms with Gasteiger partial charge >= 0.3 is 0 Å². The number of hydrogen-bond donors (Lipinski definition) is 0. The molecule has 0 amide bonds. The number of benzene rings is 1. The second-order valence-corrected chi connectivity index (χ2v) is 9.54. The molecule has 2 fully saturated rings. The van der Waals surface area contributed by atoms with Crippen LogP contribution < -0.4 is 4.74 Å². The standard InChI is InChI=1S/C17H25FN2O3S2/c1-23-17-6-5-15(11-16(17)18)25(21,22)20-9-4-10-24-13-14(20)12-19-7-2-3-8-19/h5-6,11,14H,2-4,7-10,12-13H2,1H3/t14-/m1/s1. The molecule has 3 rings (SSSR count). The van der Waals surface area contributed by atoms with Crippen molar-refractivity contribution in [1.29, 1.82) is 0 Å². The smallest absolute Gasteiger partial charge is 0.243 e. The summed E-state index contributed by atoms with van der Waals surface area (Å²) in [6.45, 7) is 3.31. The number of thioether (sulfide) groups is 1. The Kier molecular flexibility index (Phi) is 6.25. The van der Waals surface area contributed by atoms with Crippen molar-refractivity contribution in [2.45, 2.75) is 30.2 Å². The first kappa shape index (κ1) is 18.9. The van der Waals surface area contributed by atoms with Gasteiger partial charge in [0, 0.05) is 24.9 Å². The molecule has 140 valence electrons. The third-order valence-electron chi connectivity index (χ3n) is 4.78. The molecule has 0 aliphatic carbocycles. The second-order valence-electron chi connectivity index (χ2n) is 6.50. The Bertz CT molecular complexity index is 693. The van der Waals surface area contributed by atoms with Gasteiger partial charge in [-0.2, -0.15) is 16.1 Å². The molecule has 2 aliphatic heterocycles. The van der Waals surface area contributed by atoms with Gasteiger partial charge in [-0.3, -0.25) is 0 Å². The molecule has 1 atom stereocenters. The van der Waals surface area contributed by atoms with Crippen molar-refractivity contribution >= 4 is 21.8 Å². The number of rotatable bonds is 5. The second kappa shape index (κ2) is 8.24. The van der Waals surface area contributed by atoms with Crippen molar-refractivity contribution in [2.24, 2.45) is 0 Å². The maximum atomic E-state index is 14.0. The fourth-order valence-electron chi connectivity index (χ4n) is 3.47. The van der Waals surface area contributed by atoms with E-state index in [1.54, 1.807) is 16.1 Å². The monoisotopic (exact) mass is 388 g/mol. The molecule has 25 heavy (non-hydrogen) atoms. The maximum absolute atomic E-state index is 14.0. The van der Waals surface area contributed by atoms with Gasteiger partial charge in [-0.05, 0) is 56.3 Å². The molecule has 0 N–H and O–H groups in total. The predicted octanol–water partition coefficient (Wildman–Crippen LogP) is 2.43. The van der Waals surface area contributed by atoms with Gasteiger partial charge in [0.25, 0.3) is 0 Å². The van der Waals surface area contributed by atoms with Crippen LogP contribution in [0.1, 0.15) is 19.3 Å². The third-order valence-corrected chi connectivity index (χ3v) is 7.93. The number of ether oxygens (including phenoxy) is 1. The number of methoxy groups -OCH3 is 1. The quantitative estimate of drug-likeness (QED) is 0.775. The third kappa shape index (κ3) is 4.30. The molecule has 1 aromatic rings. The Morgan fingerprint density at radius 2 is 2.00 bits per heavy atom. The van der Waals surface area contributed by atoms with E-state index in [0.717, 1.165) is 43.6 Å². The van der Waals surface area contributed by atoms with Gasteiger partial charge in [-0.25, -0.2) is 12.8 Å². The van der Waals surface area contributed by atoms with Crippen LogP contribution in [-0.4, -0.2) is 68.5 Å². The summed E-state index contributed by atoms with van der Waals surface area (Å²) in [7, 11) is -2.36. The van der Waals surface area contributed by atoms with Crippen LogP contribution in [-0.2, 0) is 10.0 Å². The lowest BCUT2D eigenvalue weighted by Crippen LogP contribution is -2.47. The van der Waals surface area contributed by atoms with Crippen LogP contribution in [0.2, 0.25) is 0 Å². The number of likely N-dealkylation sites (tertiary alicyclic amines) is 1. The van der Waals surface area contributed by atoms with E-state index in [4.69, 9.17) is 4.74 Å². The normalized spacial score (nSPS) is 23.5. The first-order chi connectivity index (χ1) is 12.0. The number of sulfonamides is 1. The zero-order valence-electron chi connectivity index (χ0n) is 14.5. The van der Waals surface area contributed by atoms with Crippen molar-refractivity contribution in [3.8, 4) is 5.75 Å². The molecule has 2 aliphatic rings. The summed E-state index contributed by atoms with van der Waals surface area (Å²) < 4.78 is 46.9. The Morgan fingerprint density at radius 1 is 1.24 bits per heavy atom. The van der Waals surface area contributed by atoms with Crippen molar-refractivity contribution in [2.75, 3.05) is 44.8 Å². The van der Waals surface area contributed by atoms with Crippen LogP contribution in [0.15, 0.2) is 23.1 Å². The van der Waals surface area contributed by atoms with Gasteiger partial charge in [0.05, 0.1) is 12.0 Å². The van der Waals surface area contributed by atoms with Gasteiger partial charge in [0.2, 0.25) is 10.0 Å². The van der Waals surface area contributed by atoms with Gasteiger partial charge < -0.3 is 9.64 Å². The molecular formula is C17H25FN2O3S2. The highest BCUT2D eigenvalue weighted by Gasteiger charge is 2.34. The number of nitrogens with zero attached hydrogens (tertiary/aromatic N) is 2. The van der Waals surface area contributed by atoms with E-state index in [1.165, 1.54) is 32.1 Å². The topological polar surface area (TPSA) is 49.9 Å². The summed E-state index contributed by atoms with van der Waals surface area (Å²) in [6, 6.07) is 3.81.